The van der Waals surface area contributed by atoms with E-state index in [4.69, 9.17) is 0 Å². The zero-order valence-electron chi connectivity index (χ0n) is 36.4. The molecule has 1 aliphatic rings. The normalized spacial score (nSPS) is 14.7. The molecule has 59 heavy (non-hydrogen) atoms. The van der Waals surface area contributed by atoms with Crippen LogP contribution < -0.4 is 52.8 Å². The molecule has 7 rings (SSSR count). The molecule has 0 bridgehead atoms. The molecule has 0 spiro atoms. The molecular weight excluding hydrogens is 831 g/mol. The number of hydrogen-bond donors (Lipinski definition) is 0. The summed E-state index contributed by atoms with van der Waals surface area (Å²) in [5.41, 5.74) is 20.2. The largest absolute Gasteiger partial charge is 4.00 e. The van der Waals surface area contributed by atoms with E-state index >= 15 is 0 Å². The van der Waals surface area contributed by atoms with Crippen LogP contribution in [0.1, 0.15) is 94.5 Å². The van der Waals surface area contributed by atoms with Gasteiger partial charge in [-0.1, -0.05) is 187 Å². The Kier molecular flexibility index (Phi) is 17.3. The molecule has 0 saturated carbocycles. The number of benzene rings is 6. The molecule has 0 aromatic heterocycles. The van der Waals surface area contributed by atoms with Crippen LogP contribution in [0, 0.1) is 47.6 Å². The summed E-state index contributed by atoms with van der Waals surface area (Å²) in [6.07, 6.45) is 6.96. The Morgan fingerprint density at radius 3 is 0.864 bits per heavy atom. The van der Waals surface area contributed by atoms with Crippen molar-refractivity contribution in [2.24, 2.45) is 0 Å². The summed E-state index contributed by atoms with van der Waals surface area (Å²) in [6.45, 7) is 22.6. The van der Waals surface area contributed by atoms with Crippen LogP contribution in [0.3, 0.4) is 0 Å². The first-order valence-electron chi connectivity index (χ1n) is 20.0. The Labute approximate surface area is 390 Å². The third kappa shape index (κ3) is 10.4. The van der Waals surface area contributed by atoms with E-state index in [9.17, 15) is 0 Å². The maximum Gasteiger partial charge on any atom is 4.00 e. The van der Waals surface area contributed by atoms with Crippen LogP contribution in [0.4, 0.5) is 0 Å². The van der Waals surface area contributed by atoms with E-state index in [0.717, 1.165) is 19.3 Å². The molecule has 0 fully saturated rings. The second-order valence-corrected chi connectivity index (χ2v) is 21.2. The summed E-state index contributed by atoms with van der Waals surface area (Å²) >= 11 is 0. The molecule has 0 aliphatic heterocycles. The van der Waals surface area contributed by atoms with E-state index in [1.54, 1.807) is 0 Å². The van der Waals surface area contributed by atoms with Gasteiger partial charge in [0.15, 0.2) is 0 Å². The van der Waals surface area contributed by atoms with E-state index < -0.39 is 8.07 Å². The zero-order valence-corrected chi connectivity index (χ0v) is 41.2. The topological polar surface area (TPSA) is 0 Å². The summed E-state index contributed by atoms with van der Waals surface area (Å²) in [6, 6.07) is 50.0. The number of allylic oxidation sites excluding steroid dienone is 4. The van der Waals surface area contributed by atoms with Gasteiger partial charge in [0.2, 0.25) is 0 Å². The molecule has 0 saturated heterocycles. The molecular formula is C54H57Cl3SiTi. The van der Waals surface area contributed by atoms with Crippen molar-refractivity contribution in [1.29, 1.82) is 0 Å². The van der Waals surface area contributed by atoms with Gasteiger partial charge < -0.3 is 37.2 Å². The monoisotopic (exact) mass is 886 g/mol. The van der Waals surface area contributed by atoms with E-state index in [-0.39, 0.29) is 64.0 Å². The van der Waals surface area contributed by atoms with Crippen LogP contribution in [-0.4, -0.2) is 8.07 Å². The number of aryl methyl sites for hydroxylation is 6. The zero-order chi connectivity index (χ0) is 39.1. The first-order valence-corrected chi connectivity index (χ1v) is 22.0. The molecule has 6 aromatic rings. The first kappa shape index (κ1) is 50.0. The summed E-state index contributed by atoms with van der Waals surface area (Å²) < 4.78 is 0. The van der Waals surface area contributed by atoms with Crippen molar-refractivity contribution in [2.45, 2.75) is 93.5 Å². The van der Waals surface area contributed by atoms with Crippen molar-refractivity contribution >= 4 is 23.6 Å². The maximum atomic E-state index is 4.17. The smallest absolute Gasteiger partial charge is 1.00 e. The van der Waals surface area contributed by atoms with Gasteiger partial charge in [-0.15, -0.1) is 6.92 Å². The average Bonchev–Trinajstić information content (AvgIpc) is 3.31. The third-order valence-corrected chi connectivity index (χ3v) is 17.9. The summed E-state index contributed by atoms with van der Waals surface area (Å²) in [4.78, 5) is 0. The van der Waals surface area contributed by atoms with Crippen LogP contribution in [0.2, 0.25) is 5.04 Å². The van der Waals surface area contributed by atoms with Crippen molar-refractivity contribution in [3.8, 4) is 0 Å². The van der Waals surface area contributed by atoms with Crippen molar-refractivity contribution in [3.63, 3.8) is 0 Å². The Hall–Kier alpha value is -3.40. The number of hydrogen-bond acceptors (Lipinski definition) is 0. The minimum atomic E-state index is -2.85. The molecule has 0 N–H and O–H groups in total. The minimum absolute atomic E-state index is 0. The summed E-state index contributed by atoms with van der Waals surface area (Å²) in [5.74, 6) is 0. The van der Waals surface area contributed by atoms with Crippen LogP contribution in [-0.2, 0) is 41.0 Å². The van der Waals surface area contributed by atoms with Gasteiger partial charge in [-0.3, -0.25) is 6.08 Å². The Morgan fingerprint density at radius 2 is 0.644 bits per heavy atom. The number of rotatable bonds is 10. The molecule has 6 aromatic carbocycles. The summed E-state index contributed by atoms with van der Waals surface area (Å²) in [7, 11) is -2.85. The molecule has 0 nitrogen and oxygen atoms in total. The average molecular weight is 888 g/mol. The fourth-order valence-corrected chi connectivity index (χ4v) is 15.7. The molecule has 5 heteroatoms. The van der Waals surface area contributed by atoms with Gasteiger partial charge in [-0.25, -0.2) is 5.57 Å². The van der Waals surface area contributed by atoms with Crippen LogP contribution in [0.5, 0.6) is 0 Å². The van der Waals surface area contributed by atoms with Crippen molar-refractivity contribution in [2.75, 3.05) is 0 Å². The third-order valence-electron chi connectivity index (χ3n) is 12.3. The predicted molar refractivity (Wildman–Crippen MR) is 239 cm³/mol. The van der Waals surface area contributed by atoms with E-state index in [1.165, 1.54) is 99.0 Å². The van der Waals surface area contributed by atoms with Gasteiger partial charge >= 0.3 is 21.7 Å². The van der Waals surface area contributed by atoms with Crippen molar-refractivity contribution in [3.05, 3.63) is 217 Å². The first-order chi connectivity index (χ1) is 26.2. The standard InChI is InChI=1S/C54H57Si.3ClH.Ti/c1-36-23-37(2)27-48(26-36)32-45-11-17-51(18-12-45)55(54(10)35-42(7)43(8)44(54)9,52-19-13-46(14-20-52)33-49-28-38(3)24-39(4)29-49)53-21-15-47(16-22-53)34-50-30-40(5)25-41(6)31-50;;;;/h11-31H,32-34H2,1-10H3;3*1H;/q-1;;;;+4/p-3. The van der Waals surface area contributed by atoms with Gasteiger partial charge in [-0.05, 0) is 110 Å². The molecule has 1 atom stereocenters. The van der Waals surface area contributed by atoms with Crippen LogP contribution in [0.15, 0.2) is 144 Å². The second-order valence-electron chi connectivity index (χ2n) is 17.0. The Balaban J connectivity index is 0.00000233. The van der Waals surface area contributed by atoms with Crippen molar-refractivity contribution < 1.29 is 58.9 Å². The van der Waals surface area contributed by atoms with Crippen LogP contribution in [0.25, 0.3) is 0 Å². The van der Waals surface area contributed by atoms with Gasteiger partial charge in [0.05, 0.1) is 0 Å². The minimum Gasteiger partial charge on any atom is -1.00 e. The molecule has 302 valence electrons. The molecule has 0 heterocycles. The predicted octanol–water partition coefficient (Wildman–Crippen LogP) is 2.65. The van der Waals surface area contributed by atoms with Crippen LogP contribution >= 0.6 is 0 Å². The van der Waals surface area contributed by atoms with E-state index in [1.807, 2.05) is 0 Å². The SMILES string of the molecule is CC1=[C-]C(C)([Si](c2ccc(Cc3cc(C)cc(C)c3)cc2)(c2ccc(Cc3cc(C)cc(C)c3)cc2)c2ccc(Cc3cc(C)cc(C)c3)cc2)C(C)=C1C.[Cl-].[Cl-].[Cl-].[Ti+4]. The fraction of sp³-hybridized carbons (Fsp3) is 0.259. The molecule has 1 aliphatic carbocycles. The summed E-state index contributed by atoms with van der Waals surface area (Å²) in [5, 5.41) is 3.99. The van der Waals surface area contributed by atoms with Gasteiger partial charge in [0.1, 0.15) is 8.07 Å². The maximum absolute atomic E-state index is 4.17. The van der Waals surface area contributed by atoms with Crippen molar-refractivity contribution in [1.82, 2.24) is 0 Å². The molecule has 0 amide bonds. The fourth-order valence-electron chi connectivity index (χ4n) is 9.80. The molecule has 0 radical (unpaired) electrons. The van der Waals surface area contributed by atoms with E-state index in [2.05, 4.69) is 203 Å². The second kappa shape index (κ2) is 20.4. The van der Waals surface area contributed by atoms with Gasteiger partial charge in [-0.2, -0.15) is 11.1 Å². The van der Waals surface area contributed by atoms with Gasteiger partial charge in [0, 0.05) is 0 Å². The molecule has 1 unspecified atom stereocenters. The van der Waals surface area contributed by atoms with Gasteiger partial charge in [0.25, 0.3) is 0 Å². The Bertz CT molecular complexity index is 2150. The quantitative estimate of drug-likeness (QED) is 0.113. The van der Waals surface area contributed by atoms with E-state index in [0.29, 0.717) is 0 Å². The Morgan fingerprint density at radius 1 is 0.390 bits per heavy atom. The number of halogens is 3.